The van der Waals surface area contributed by atoms with Gasteiger partial charge in [-0.05, 0) is 25.0 Å². The lowest BCUT2D eigenvalue weighted by molar-refractivity contribution is -0.385. The number of methoxy groups -OCH3 is 1. The van der Waals surface area contributed by atoms with E-state index in [1.807, 2.05) is 13.8 Å². The summed E-state index contributed by atoms with van der Waals surface area (Å²) in [5, 5.41) is 11.2. The molecule has 0 N–H and O–H groups in total. The Morgan fingerprint density at radius 3 is 2.56 bits per heavy atom. The fraction of sp³-hybridized carbons (Fsp3) is 0.333. The second-order valence-electron chi connectivity index (χ2n) is 6.14. The average molecular weight is 344 g/mol. The first-order chi connectivity index (χ1) is 11.8. The summed E-state index contributed by atoms with van der Waals surface area (Å²) in [7, 11) is 1.24. The van der Waals surface area contributed by atoms with Crippen molar-refractivity contribution in [2.75, 3.05) is 13.7 Å². The van der Waals surface area contributed by atoms with E-state index >= 15 is 0 Å². The van der Waals surface area contributed by atoms with Crippen LogP contribution in [0.1, 0.15) is 26.3 Å². The zero-order valence-corrected chi connectivity index (χ0v) is 14.6. The molecule has 1 aliphatic rings. The fourth-order valence-corrected chi connectivity index (χ4v) is 2.74. The van der Waals surface area contributed by atoms with Crippen molar-refractivity contribution in [1.29, 1.82) is 0 Å². The monoisotopic (exact) mass is 344 g/mol. The summed E-state index contributed by atoms with van der Waals surface area (Å²) in [6.45, 7) is 6.04. The minimum Gasteiger partial charge on any atom is -0.465 e. The van der Waals surface area contributed by atoms with Crippen molar-refractivity contribution in [2.24, 2.45) is 5.92 Å². The molecule has 25 heavy (non-hydrogen) atoms. The molecule has 1 aromatic carbocycles. The smallest absolute Gasteiger partial charge is 0.340 e. The summed E-state index contributed by atoms with van der Waals surface area (Å²) < 4.78 is 4.80. The molecule has 0 fully saturated rings. The number of ether oxygens (including phenoxy) is 1. The Hall–Kier alpha value is -2.96. The molecule has 1 aliphatic heterocycles. The van der Waals surface area contributed by atoms with Gasteiger partial charge in [0.15, 0.2) is 0 Å². The molecule has 7 heteroatoms. The van der Waals surface area contributed by atoms with Gasteiger partial charge in [-0.3, -0.25) is 14.9 Å². The quantitative estimate of drug-likeness (QED) is 0.354. The maximum Gasteiger partial charge on any atom is 0.340 e. The highest BCUT2D eigenvalue weighted by Crippen LogP contribution is 2.33. The molecule has 0 aromatic heterocycles. The summed E-state index contributed by atoms with van der Waals surface area (Å²) in [5.74, 6) is -0.796. The normalized spacial score (nSPS) is 16.1. The van der Waals surface area contributed by atoms with Crippen molar-refractivity contribution in [3.63, 3.8) is 0 Å². The third kappa shape index (κ3) is 3.60. The molecule has 0 bridgehead atoms. The van der Waals surface area contributed by atoms with Crippen molar-refractivity contribution in [3.05, 3.63) is 56.8 Å². The van der Waals surface area contributed by atoms with Gasteiger partial charge in [0.25, 0.3) is 11.6 Å². The average Bonchev–Trinajstić information content (AvgIpc) is 2.78. The molecule has 0 spiro atoms. The first kappa shape index (κ1) is 18.4. The second kappa shape index (κ2) is 7.29. The van der Waals surface area contributed by atoms with Crippen LogP contribution in [0.4, 0.5) is 5.69 Å². The van der Waals surface area contributed by atoms with Crippen LogP contribution >= 0.6 is 0 Å². The first-order valence-corrected chi connectivity index (χ1v) is 7.84. The van der Waals surface area contributed by atoms with Crippen LogP contribution < -0.4 is 0 Å². The van der Waals surface area contributed by atoms with Crippen LogP contribution in [0.15, 0.2) is 41.1 Å². The molecule has 1 heterocycles. The van der Waals surface area contributed by atoms with E-state index in [2.05, 4.69) is 0 Å². The number of carbonyl (C=O) groups is 2. The molecular weight excluding hydrogens is 324 g/mol. The Balaban J connectivity index is 2.60. The Bertz CT molecular complexity index is 792. The predicted molar refractivity (Wildman–Crippen MR) is 92.3 cm³/mol. The summed E-state index contributed by atoms with van der Waals surface area (Å²) in [6, 6.07) is 6.07. The van der Waals surface area contributed by atoms with Crippen molar-refractivity contribution >= 4 is 23.6 Å². The molecule has 0 aliphatic carbocycles. The number of benzene rings is 1. The van der Waals surface area contributed by atoms with Gasteiger partial charge in [-0.25, -0.2) is 4.79 Å². The predicted octanol–water partition coefficient (Wildman–Crippen LogP) is 2.92. The zero-order valence-electron chi connectivity index (χ0n) is 14.6. The fourth-order valence-electron chi connectivity index (χ4n) is 2.74. The standard InChI is InChI=1S/C18H20N2O5/c1-11(2)10-19-12(3)16(18(22)25-4)14(17(19)21)9-13-7-5-6-8-15(13)20(23)24/h5-9,11H,10H2,1-4H3/b14-9-. The lowest BCUT2D eigenvalue weighted by atomic mass is 10.0. The lowest BCUT2D eigenvalue weighted by Gasteiger charge is -2.19. The van der Waals surface area contributed by atoms with Gasteiger partial charge < -0.3 is 9.64 Å². The van der Waals surface area contributed by atoms with Gasteiger partial charge in [0.1, 0.15) is 0 Å². The minimum atomic E-state index is -0.637. The summed E-state index contributed by atoms with van der Waals surface area (Å²) in [5.41, 5.74) is 0.879. The molecule has 132 valence electrons. The number of allylic oxidation sites excluding steroid dienone is 1. The molecule has 7 nitrogen and oxygen atoms in total. The molecule has 2 rings (SSSR count). The van der Waals surface area contributed by atoms with Gasteiger partial charge in [-0.1, -0.05) is 26.0 Å². The second-order valence-corrected chi connectivity index (χ2v) is 6.14. The lowest BCUT2D eigenvalue weighted by Crippen LogP contribution is -2.28. The highest BCUT2D eigenvalue weighted by Gasteiger charge is 2.37. The topological polar surface area (TPSA) is 89.8 Å². The van der Waals surface area contributed by atoms with Gasteiger partial charge in [-0.2, -0.15) is 0 Å². The summed E-state index contributed by atoms with van der Waals surface area (Å²) in [4.78, 5) is 37.2. The largest absolute Gasteiger partial charge is 0.465 e. The van der Waals surface area contributed by atoms with E-state index in [1.165, 1.54) is 30.2 Å². The van der Waals surface area contributed by atoms with E-state index in [-0.39, 0.29) is 34.2 Å². The number of nitro groups is 1. The van der Waals surface area contributed by atoms with E-state index in [1.54, 1.807) is 19.1 Å². The summed E-state index contributed by atoms with van der Waals surface area (Å²) >= 11 is 0. The molecule has 1 amide bonds. The summed E-state index contributed by atoms with van der Waals surface area (Å²) in [6.07, 6.45) is 1.39. The van der Waals surface area contributed by atoms with Crippen LogP contribution in [0.3, 0.4) is 0 Å². The van der Waals surface area contributed by atoms with Crippen LogP contribution in [0, 0.1) is 16.0 Å². The van der Waals surface area contributed by atoms with Gasteiger partial charge in [0.05, 0.1) is 28.7 Å². The van der Waals surface area contributed by atoms with Crippen molar-refractivity contribution in [1.82, 2.24) is 4.90 Å². The zero-order chi connectivity index (χ0) is 18.7. The van der Waals surface area contributed by atoms with E-state index in [0.29, 0.717) is 12.2 Å². The van der Waals surface area contributed by atoms with Crippen molar-refractivity contribution in [2.45, 2.75) is 20.8 Å². The minimum absolute atomic E-state index is 0.110. The molecule has 0 radical (unpaired) electrons. The number of nitro benzene ring substituents is 1. The molecule has 1 aromatic rings. The third-order valence-corrected chi connectivity index (χ3v) is 3.88. The van der Waals surface area contributed by atoms with Gasteiger partial charge in [0.2, 0.25) is 0 Å². The molecule has 0 atom stereocenters. The van der Waals surface area contributed by atoms with Crippen LogP contribution in [0.5, 0.6) is 0 Å². The highest BCUT2D eigenvalue weighted by molar-refractivity contribution is 6.16. The first-order valence-electron chi connectivity index (χ1n) is 7.84. The number of para-hydroxylation sites is 1. The molecule has 0 saturated heterocycles. The van der Waals surface area contributed by atoms with E-state index in [4.69, 9.17) is 4.74 Å². The number of amides is 1. The Morgan fingerprint density at radius 1 is 1.36 bits per heavy atom. The number of nitrogens with zero attached hydrogens (tertiary/aromatic N) is 2. The SMILES string of the molecule is COC(=O)C1=C(C)N(CC(C)C)C(=O)/C1=C\c1ccccc1[N+](=O)[O-]. The highest BCUT2D eigenvalue weighted by atomic mass is 16.6. The van der Waals surface area contributed by atoms with Crippen LogP contribution in [0.2, 0.25) is 0 Å². The maximum absolute atomic E-state index is 12.8. The van der Waals surface area contributed by atoms with E-state index < -0.39 is 10.9 Å². The molecule has 0 unspecified atom stereocenters. The van der Waals surface area contributed by atoms with Crippen molar-refractivity contribution in [3.8, 4) is 0 Å². The Morgan fingerprint density at radius 2 is 2.00 bits per heavy atom. The van der Waals surface area contributed by atoms with Crippen LogP contribution in [-0.4, -0.2) is 35.4 Å². The number of rotatable bonds is 5. The van der Waals surface area contributed by atoms with Gasteiger partial charge >= 0.3 is 5.97 Å². The Labute approximate surface area is 145 Å². The van der Waals surface area contributed by atoms with E-state index in [0.717, 1.165) is 0 Å². The maximum atomic E-state index is 12.8. The third-order valence-electron chi connectivity index (χ3n) is 3.88. The number of carbonyl (C=O) groups excluding carboxylic acids is 2. The number of hydrogen-bond acceptors (Lipinski definition) is 5. The number of hydrogen-bond donors (Lipinski definition) is 0. The van der Waals surface area contributed by atoms with Crippen LogP contribution in [-0.2, 0) is 14.3 Å². The molecular formula is C18H20N2O5. The number of esters is 1. The van der Waals surface area contributed by atoms with Crippen molar-refractivity contribution < 1.29 is 19.2 Å². The van der Waals surface area contributed by atoms with Crippen LogP contribution in [0.25, 0.3) is 6.08 Å². The van der Waals surface area contributed by atoms with Gasteiger partial charge in [0, 0.05) is 18.3 Å². The van der Waals surface area contributed by atoms with Gasteiger partial charge in [-0.15, -0.1) is 0 Å². The van der Waals surface area contributed by atoms with E-state index in [9.17, 15) is 19.7 Å². The molecule has 0 saturated carbocycles. The Kier molecular flexibility index (Phi) is 5.36.